The Hall–Kier alpha value is -1.22. The van der Waals surface area contributed by atoms with Gasteiger partial charge in [-0.05, 0) is 110 Å². The molecule has 0 bridgehead atoms. The van der Waals surface area contributed by atoms with Crippen LogP contribution in [-0.2, 0) is 4.79 Å². The van der Waals surface area contributed by atoms with Crippen LogP contribution in [0.3, 0.4) is 0 Å². The molecule has 0 spiro atoms. The lowest BCUT2D eigenvalue weighted by molar-refractivity contribution is -0.139. The average molecular weight is 402 g/mol. The first-order chi connectivity index (χ1) is 13.8. The third-order valence-electron chi connectivity index (χ3n) is 10.4. The highest BCUT2D eigenvalue weighted by atomic mass is 16.4. The zero-order valence-corrected chi connectivity index (χ0v) is 18.5. The number of azide groups is 1. The molecule has 29 heavy (non-hydrogen) atoms. The van der Waals surface area contributed by atoms with Gasteiger partial charge in [-0.3, -0.25) is 4.79 Å². The van der Waals surface area contributed by atoms with Gasteiger partial charge in [-0.15, -0.1) is 0 Å². The summed E-state index contributed by atoms with van der Waals surface area (Å²) >= 11 is 0. The lowest BCUT2D eigenvalue weighted by Crippen LogP contribution is -2.53. The van der Waals surface area contributed by atoms with Gasteiger partial charge in [-0.2, -0.15) is 0 Å². The van der Waals surface area contributed by atoms with E-state index in [0.29, 0.717) is 23.2 Å². The van der Waals surface area contributed by atoms with Gasteiger partial charge in [0.2, 0.25) is 0 Å². The zero-order chi connectivity index (χ0) is 20.8. The minimum absolute atomic E-state index is 0.287. The van der Waals surface area contributed by atoms with Crippen LogP contribution < -0.4 is 0 Å². The minimum atomic E-state index is -0.985. The smallest absolute Gasteiger partial charge is 0.312 e. The van der Waals surface area contributed by atoms with E-state index in [-0.39, 0.29) is 5.92 Å². The lowest BCUT2D eigenvalue weighted by Gasteiger charge is -2.61. The summed E-state index contributed by atoms with van der Waals surface area (Å²) in [6, 6.07) is -0.925. The molecule has 162 valence electrons. The second kappa shape index (κ2) is 7.80. The Bertz CT molecular complexity index is 688. The Morgan fingerprint density at radius 1 is 1.07 bits per heavy atom. The largest absolute Gasteiger partial charge is 0.481 e. The van der Waals surface area contributed by atoms with Gasteiger partial charge in [0.25, 0.3) is 0 Å². The summed E-state index contributed by atoms with van der Waals surface area (Å²) in [5.41, 5.74) is 9.65. The van der Waals surface area contributed by atoms with Gasteiger partial charge in [0, 0.05) is 4.91 Å². The normalized spacial score (nSPS) is 45.8. The first-order valence-corrected chi connectivity index (χ1v) is 12.1. The van der Waals surface area contributed by atoms with Crippen LogP contribution in [0.5, 0.6) is 0 Å². The van der Waals surface area contributed by atoms with Crippen molar-refractivity contribution >= 4 is 5.97 Å². The molecule has 0 heterocycles. The molecule has 4 aliphatic carbocycles. The Morgan fingerprint density at radius 3 is 2.55 bits per heavy atom. The molecule has 0 aliphatic heterocycles. The molecular formula is C24H39N3O2. The van der Waals surface area contributed by atoms with Crippen molar-refractivity contribution in [1.29, 1.82) is 0 Å². The number of fused-ring (bicyclic) bond motifs is 5. The van der Waals surface area contributed by atoms with E-state index in [4.69, 9.17) is 5.53 Å². The van der Waals surface area contributed by atoms with E-state index in [2.05, 4.69) is 30.8 Å². The molecular weight excluding hydrogens is 362 g/mol. The van der Waals surface area contributed by atoms with Gasteiger partial charge in [-0.1, -0.05) is 38.7 Å². The van der Waals surface area contributed by atoms with Crippen LogP contribution in [0.2, 0.25) is 0 Å². The van der Waals surface area contributed by atoms with Crippen LogP contribution in [0.15, 0.2) is 5.11 Å². The molecule has 4 rings (SSSR count). The van der Waals surface area contributed by atoms with Gasteiger partial charge in [0.05, 0.1) is 0 Å². The second-order valence-electron chi connectivity index (χ2n) is 11.4. The first-order valence-electron chi connectivity index (χ1n) is 12.1. The van der Waals surface area contributed by atoms with Crippen molar-refractivity contribution in [3.05, 3.63) is 10.4 Å². The molecule has 4 aliphatic rings. The van der Waals surface area contributed by atoms with E-state index in [1.807, 2.05) is 0 Å². The molecule has 4 fully saturated rings. The fourth-order valence-corrected chi connectivity index (χ4v) is 9.05. The van der Waals surface area contributed by atoms with E-state index in [1.54, 1.807) is 0 Å². The third kappa shape index (κ3) is 3.38. The summed E-state index contributed by atoms with van der Waals surface area (Å²) in [5.74, 6) is 3.40. The third-order valence-corrected chi connectivity index (χ3v) is 10.4. The van der Waals surface area contributed by atoms with Crippen LogP contribution in [0, 0.1) is 46.3 Å². The molecule has 0 amide bonds. The van der Waals surface area contributed by atoms with Gasteiger partial charge < -0.3 is 5.11 Å². The predicted octanol–water partition coefficient (Wildman–Crippen LogP) is 6.83. The standard InChI is InChI=1S/C24H39N3O2/c1-15(14-21(22(28)29)26-27-25)18-9-10-19-17-8-7-16-6-4-5-12-23(16,2)20(17)11-13-24(18,19)3/h15-21H,4-14H2,1-3H3,(H,28,29)/t15-,16?,17+,18-,19+,20+,21?,23+,24-/m1/s1. The van der Waals surface area contributed by atoms with E-state index >= 15 is 0 Å². The monoisotopic (exact) mass is 401 g/mol. The number of carboxylic acid groups (broad SMARTS) is 1. The Morgan fingerprint density at radius 2 is 1.83 bits per heavy atom. The molecule has 0 saturated heterocycles. The minimum Gasteiger partial charge on any atom is -0.481 e. The fraction of sp³-hybridized carbons (Fsp3) is 0.958. The summed E-state index contributed by atoms with van der Waals surface area (Å²) in [4.78, 5) is 14.3. The zero-order valence-electron chi connectivity index (χ0n) is 18.5. The van der Waals surface area contributed by atoms with Gasteiger partial charge in [0.15, 0.2) is 0 Å². The highest BCUT2D eigenvalue weighted by molar-refractivity contribution is 5.73. The predicted molar refractivity (Wildman–Crippen MR) is 114 cm³/mol. The SMILES string of the molecule is C[C@H](CC(N=[N+]=[N-])C(=O)O)[C@H]1CC[C@H]2[C@@H]3CCC4CCCC[C@]4(C)[C@H]3CC[C@]12C. The van der Waals surface area contributed by atoms with Crippen molar-refractivity contribution in [2.45, 2.75) is 97.4 Å². The number of aliphatic carboxylic acids is 1. The van der Waals surface area contributed by atoms with Crippen LogP contribution >= 0.6 is 0 Å². The summed E-state index contributed by atoms with van der Waals surface area (Å²) in [6.45, 7) is 7.34. The Labute approximate surface area is 175 Å². The maximum absolute atomic E-state index is 11.5. The van der Waals surface area contributed by atoms with Crippen LogP contribution in [0.4, 0.5) is 0 Å². The first kappa shape index (κ1) is 21.0. The molecule has 0 aromatic rings. The number of rotatable bonds is 5. The molecule has 0 radical (unpaired) electrons. The van der Waals surface area contributed by atoms with Gasteiger partial charge in [-0.25, -0.2) is 0 Å². The van der Waals surface area contributed by atoms with Crippen molar-refractivity contribution in [2.24, 2.45) is 51.5 Å². The molecule has 2 unspecified atom stereocenters. The van der Waals surface area contributed by atoms with Gasteiger partial charge >= 0.3 is 5.97 Å². The molecule has 9 atom stereocenters. The maximum atomic E-state index is 11.5. The van der Waals surface area contributed by atoms with Crippen molar-refractivity contribution in [2.75, 3.05) is 0 Å². The van der Waals surface area contributed by atoms with Crippen molar-refractivity contribution in [3.63, 3.8) is 0 Å². The van der Waals surface area contributed by atoms with E-state index in [0.717, 1.165) is 23.7 Å². The highest BCUT2D eigenvalue weighted by Gasteiger charge is 2.60. The van der Waals surface area contributed by atoms with Gasteiger partial charge in [0.1, 0.15) is 6.04 Å². The topological polar surface area (TPSA) is 86.1 Å². The summed E-state index contributed by atoms with van der Waals surface area (Å²) in [5, 5.41) is 13.0. The summed E-state index contributed by atoms with van der Waals surface area (Å²) in [7, 11) is 0. The molecule has 5 heteroatoms. The molecule has 5 nitrogen and oxygen atoms in total. The quantitative estimate of drug-likeness (QED) is 0.311. The molecule has 4 saturated carbocycles. The Kier molecular flexibility index (Phi) is 5.65. The number of carbonyl (C=O) groups is 1. The highest BCUT2D eigenvalue weighted by Crippen LogP contribution is 2.68. The number of hydrogen-bond acceptors (Lipinski definition) is 2. The van der Waals surface area contributed by atoms with Crippen molar-refractivity contribution in [1.82, 2.24) is 0 Å². The van der Waals surface area contributed by atoms with E-state index in [9.17, 15) is 9.90 Å². The molecule has 0 aromatic heterocycles. The van der Waals surface area contributed by atoms with E-state index in [1.165, 1.54) is 64.2 Å². The second-order valence-corrected chi connectivity index (χ2v) is 11.4. The summed E-state index contributed by atoms with van der Waals surface area (Å²) in [6.07, 6.45) is 14.3. The average Bonchev–Trinajstić information content (AvgIpc) is 3.04. The Balaban J connectivity index is 1.52. The van der Waals surface area contributed by atoms with E-state index < -0.39 is 12.0 Å². The van der Waals surface area contributed by atoms with Crippen LogP contribution in [0.1, 0.15) is 91.4 Å². The van der Waals surface area contributed by atoms with Crippen LogP contribution in [-0.4, -0.2) is 17.1 Å². The van der Waals surface area contributed by atoms with Crippen molar-refractivity contribution in [3.8, 4) is 0 Å². The molecule has 0 aromatic carbocycles. The maximum Gasteiger partial charge on any atom is 0.312 e. The van der Waals surface area contributed by atoms with Crippen LogP contribution in [0.25, 0.3) is 10.4 Å². The lowest BCUT2D eigenvalue weighted by atomic mass is 9.44. The number of hydrogen-bond donors (Lipinski definition) is 1. The summed E-state index contributed by atoms with van der Waals surface area (Å²) < 4.78 is 0. The van der Waals surface area contributed by atoms with Crippen molar-refractivity contribution < 1.29 is 9.90 Å². The fourth-order valence-electron chi connectivity index (χ4n) is 9.05. The number of nitrogens with zero attached hydrogens (tertiary/aromatic N) is 3. The number of carboxylic acids is 1. The molecule has 1 N–H and O–H groups in total.